The molecule has 0 aliphatic carbocycles. The zero-order valence-electron chi connectivity index (χ0n) is 7.56. The lowest BCUT2D eigenvalue weighted by atomic mass is 10.0. The van der Waals surface area contributed by atoms with Gasteiger partial charge in [-0.25, -0.2) is 4.39 Å². The van der Waals surface area contributed by atoms with Gasteiger partial charge in [0.15, 0.2) is 11.6 Å². The molecule has 0 fully saturated rings. The average molecular weight is 253 g/mol. The van der Waals surface area contributed by atoms with E-state index < -0.39 is 23.8 Å². The number of hydrogen-bond donors (Lipinski definition) is 4. The number of aliphatic hydroxyl groups excluding tert-OH is 2. The maximum Gasteiger partial charge on any atom is 0.166 e. The van der Waals surface area contributed by atoms with Crippen LogP contribution in [-0.2, 0) is 0 Å². The fraction of sp³-hybridized carbons (Fsp3) is 0.333. The van der Waals surface area contributed by atoms with Gasteiger partial charge < -0.3 is 15.3 Å². The Morgan fingerprint density at radius 2 is 2.00 bits per heavy atom. The first-order valence-corrected chi connectivity index (χ1v) is 5.13. The fourth-order valence-electron chi connectivity index (χ4n) is 1.12. The molecular weight excluding hydrogens is 243 g/mol. The van der Waals surface area contributed by atoms with E-state index in [1.165, 1.54) is 6.07 Å². The summed E-state index contributed by atoms with van der Waals surface area (Å²) in [5.74, 6) is -1.68. The van der Waals surface area contributed by atoms with E-state index in [2.05, 4.69) is 12.6 Å². The Morgan fingerprint density at radius 1 is 1.40 bits per heavy atom. The molecule has 6 heteroatoms. The molecule has 0 saturated heterocycles. The Morgan fingerprint density at radius 3 is 2.53 bits per heavy atom. The molecule has 1 rings (SSSR count). The van der Waals surface area contributed by atoms with E-state index >= 15 is 0 Å². The van der Waals surface area contributed by atoms with Gasteiger partial charge in [-0.3, -0.25) is 0 Å². The largest absolute Gasteiger partial charge is 0.505 e. The van der Waals surface area contributed by atoms with Crippen LogP contribution in [0.1, 0.15) is 11.7 Å². The van der Waals surface area contributed by atoms with E-state index in [-0.39, 0.29) is 16.3 Å². The van der Waals surface area contributed by atoms with Crippen LogP contribution < -0.4 is 0 Å². The quantitative estimate of drug-likeness (QED) is 0.617. The van der Waals surface area contributed by atoms with Gasteiger partial charge in [0.1, 0.15) is 6.10 Å². The molecule has 0 bridgehead atoms. The van der Waals surface area contributed by atoms with Gasteiger partial charge in [-0.15, -0.1) is 0 Å². The van der Waals surface area contributed by atoms with Gasteiger partial charge in [-0.05, 0) is 12.1 Å². The first-order chi connectivity index (χ1) is 6.97. The van der Waals surface area contributed by atoms with E-state index in [0.29, 0.717) is 0 Å². The predicted octanol–water partition coefficient (Wildman–Crippen LogP) is 1.51. The zero-order valence-corrected chi connectivity index (χ0v) is 9.21. The minimum Gasteiger partial charge on any atom is -0.505 e. The average Bonchev–Trinajstić information content (AvgIpc) is 2.21. The van der Waals surface area contributed by atoms with Gasteiger partial charge in [0, 0.05) is 16.3 Å². The summed E-state index contributed by atoms with van der Waals surface area (Å²) in [7, 11) is 0. The van der Waals surface area contributed by atoms with Crippen molar-refractivity contribution in [2.24, 2.45) is 0 Å². The topological polar surface area (TPSA) is 60.7 Å². The Labute approximate surface area is 96.5 Å². The lowest BCUT2D eigenvalue weighted by Gasteiger charge is -2.17. The van der Waals surface area contributed by atoms with Crippen molar-refractivity contribution in [2.45, 2.75) is 12.2 Å². The van der Waals surface area contributed by atoms with Crippen molar-refractivity contribution in [1.29, 1.82) is 0 Å². The van der Waals surface area contributed by atoms with Crippen molar-refractivity contribution in [3.8, 4) is 5.75 Å². The van der Waals surface area contributed by atoms with E-state index in [9.17, 15) is 19.7 Å². The monoisotopic (exact) mass is 252 g/mol. The summed E-state index contributed by atoms with van der Waals surface area (Å²) in [5.41, 5.74) is -0.151. The number of thiol groups is 1. The molecule has 3 nitrogen and oxygen atoms in total. The third-order valence-electron chi connectivity index (χ3n) is 1.93. The molecule has 0 heterocycles. The number of aliphatic hydroxyl groups is 2. The molecule has 2 unspecified atom stereocenters. The molecule has 3 N–H and O–H groups in total. The summed E-state index contributed by atoms with van der Waals surface area (Å²) in [6.07, 6.45) is -2.62. The van der Waals surface area contributed by atoms with Crippen molar-refractivity contribution in [3.05, 3.63) is 28.5 Å². The van der Waals surface area contributed by atoms with Crippen molar-refractivity contribution >= 4 is 24.2 Å². The van der Waals surface area contributed by atoms with Crippen molar-refractivity contribution in [1.82, 2.24) is 0 Å². The second-order valence-corrected chi connectivity index (χ2v) is 3.82. The highest BCUT2D eigenvalue weighted by Gasteiger charge is 2.22. The second kappa shape index (κ2) is 5.03. The van der Waals surface area contributed by atoms with Crippen molar-refractivity contribution in [3.63, 3.8) is 0 Å². The minimum absolute atomic E-state index is 0.0191. The smallest absolute Gasteiger partial charge is 0.166 e. The molecule has 0 radical (unpaired) electrons. The molecule has 1 aromatic carbocycles. The van der Waals surface area contributed by atoms with Gasteiger partial charge in [0.2, 0.25) is 0 Å². The van der Waals surface area contributed by atoms with Crippen molar-refractivity contribution in [2.75, 3.05) is 5.75 Å². The molecule has 84 valence electrons. The summed E-state index contributed by atoms with van der Waals surface area (Å²) < 4.78 is 13.0. The normalized spacial score (nSPS) is 15.0. The number of rotatable bonds is 3. The third-order valence-corrected chi connectivity index (χ3v) is 2.52. The molecule has 0 saturated carbocycles. The van der Waals surface area contributed by atoms with Gasteiger partial charge in [0.05, 0.1) is 6.10 Å². The first kappa shape index (κ1) is 12.6. The SMILES string of the molecule is Oc1c(F)cc(Cl)cc1C(O)C(O)CS. The van der Waals surface area contributed by atoms with Gasteiger partial charge in [-0.2, -0.15) is 12.6 Å². The summed E-state index contributed by atoms with van der Waals surface area (Å²) in [6, 6.07) is 2.11. The lowest BCUT2D eigenvalue weighted by molar-refractivity contribution is 0.0320. The number of hydrogen-bond acceptors (Lipinski definition) is 4. The van der Waals surface area contributed by atoms with Crippen LogP contribution in [0.4, 0.5) is 4.39 Å². The summed E-state index contributed by atoms with van der Waals surface area (Å²) in [5, 5.41) is 28.2. The molecule has 0 spiro atoms. The molecule has 0 aliphatic rings. The first-order valence-electron chi connectivity index (χ1n) is 4.12. The number of phenols is 1. The standard InChI is InChI=1S/C9H10ClFO3S/c10-4-1-5(8(13)6(11)2-4)9(14)7(12)3-15/h1-2,7,9,12-15H,3H2. The van der Waals surface area contributed by atoms with Crippen LogP contribution in [0.5, 0.6) is 5.75 Å². The summed E-state index contributed by atoms with van der Waals surface area (Å²) in [6.45, 7) is 0. The number of halogens is 2. The Balaban J connectivity index is 3.13. The highest BCUT2D eigenvalue weighted by atomic mass is 35.5. The highest BCUT2D eigenvalue weighted by Crippen LogP contribution is 2.32. The number of phenolic OH excluding ortho intramolecular Hbond substituents is 1. The maximum absolute atomic E-state index is 13.0. The summed E-state index contributed by atoms with van der Waals surface area (Å²) >= 11 is 9.32. The van der Waals surface area contributed by atoms with Gasteiger partial charge in [-0.1, -0.05) is 11.6 Å². The van der Waals surface area contributed by atoms with Crippen LogP contribution in [0, 0.1) is 5.82 Å². The van der Waals surface area contributed by atoms with E-state index in [1.54, 1.807) is 0 Å². The van der Waals surface area contributed by atoms with Gasteiger partial charge >= 0.3 is 0 Å². The second-order valence-electron chi connectivity index (χ2n) is 3.02. The molecule has 0 aromatic heterocycles. The van der Waals surface area contributed by atoms with Crippen LogP contribution in [0.15, 0.2) is 12.1 Å². The molecular formula is C9H10ClFO3S. The minimum atomic E-state index is -1.42. The van der Waals surface area contributed by atoms with Crippen LogP contribution in [0.3, 0.4) is 0 Å². The van der Waals surface area contributed by atoms with E-state index in [4.69, 9.17) is 11.6 Å². The van der Waals surface area contributed by atoms with Gasteiger partial charge in [0.25, 0.3) is 0 Å². The maximum atomic E-state index is 13.0. The molecule has 0 aliphatic heterocycles. The van der Waals surface area contributed by atoms with Crippen molar-refractivity contribution < 1.29 is 19.7 Å². The van der Waals surface area contributed by atoms with Crippen LogP contribution in [0.25, 0.3) is 0 Å². The Kier molecular flexibility index (Phi) is 4.21. The van der Waals surface area contributed by atoms with Crippen LogP contribution >= 0.6 is 24.2 Å². The lowest BCUT2D eigenvalue weighted by Crippen LogP contribution is -2.20. The number of aromatic hydroxyl groups is 1. The Hall–Kier alpha value is -0.490. The summed E-state index contributed by atoms with van der Waals surface area (Å²) in [4.78, 5) is 0. The molecule has 1 aromatic rings. The zero-order chi connectivity index (χ0) is 11.6. The fourth-order valence-corrected chi connectivity index (χ4v) is 1.53. The molecule has 15 heavy (non-hydrogen) atoms. The Bertz CT molecular complexity index is 361. The number of benzene rings is 1. The highest BCUT2D eigenvalue weighted by molar-refractivity contribution is 7.80. The van der Waals surface area contributed by atoms with E-state index in [0.717, 1.165) is 6.07 Å². The van der Waals surface area contributed by atoms with E-state index in [1.807, 2.05) is 0 Å². The predicted molar refractivity (Wildman–Crippen MR) is 57.9 cm³/mol. The van der Waals surface area contributed by atoms with Crippen LogP contribution in [-0.4, -0.2) is 27.2 Å². The third kappa shape index (κ3) is 2.75. The van der Waals surface area contributed by atoms with Crippen LogP contribution in [0.2, 0.25) is 5.02 Å². The molecule has 0 amide bonds. The molecule has 2 atom stereocenters.